The quantitative estimate of drug-likeness (QED) is 0.757. The van der Waals surface area contributed by atoms with E-state index < -0.39 is 0 Å². The first kappa shape index (κ1) is 9.38. The zero-order chi connectivity index (χ0) is 11.1. The van der Waals surface area contributed by atoms with Gasteiger partial charge in [0.25, 0.3) is 0 Å². The van der Waals surface area contributed by atoms with Gasteiger partial charge in [-0.25, -0.2) is 9.37 Å². The minimum atomic E-state index is -0.351. The van der Waals surface area contributed by atoms with Gasteiger partial charge in [0.15, 0.2) is 23.3 Å². The van der Waals surface area contributed by atoms with E-state index in [-0.39, 0.29) is 11.7 Å². The maximum absolute atomic E-state index is 13.8. The predicted octanol–water partition coefficient (Wildman–Crippen LogP) is 0.691. The van der Waals surface area contributed by atoms with Crippen LogP contribution in [-0.4, -0.2) is 23.9 Å². The van der Waals surface area contributed by atoms with Gasteiger partial charge in [0, 0.05) is 13.1 Å². The number of anilines is 1. The Balaban J connectivity index is 2.02. The Morgan fingerprint density at radius 3 is 2.81 bits per heavy atom. The maximum Gasteiger partial charge on any atom is 0.187 e. The number of rotatable bonds is 1. The first-order chi connectivity index (χ1) is 7.75. The van der Waals surface area contributed by atoms with Gasteiger partial charge < -0.3 is 10.6 Å². The minimum absolute atomic E-state index is 0.231. The van der Waals surface area contributed by atoms with Crippen LogP contribution in [0.3, 0.4) is 0 Å². The number of aromatic nitrogens is 1. The Kier molecular flexibility index (Phi) is 1.95. The average Bonchev–Trinajstić information content (AvgIpc) is 2.89. The van der Waals surface area contributed by atoms with Crippen LogP contribution in [0.4, 0.5) is 16.0 Å². The van der Waals surface area contributed by atoms with Crippen molar-refractivity contribution in [2.24, 2.45) is 10.8 Å². The summed E-state index contributed by atoms with van der Waals surface area (Å²) >= 11 is 0. The van der Waals surface area contributed by atoms with Gasteiger partial charge in [-0.1, -0.05) is 0 Å². The summed E-state index contributed by atoms with van der Waals surface area (Å²) in [4.78, 5) is 6.11. The van der Waals surface area contributed by atoms with Gasteiger partial charge in [0.2, 0.25) is 0 Å². The number of fused-ring (bicyclic) bond motifs is 1. The summed E-state index contributed by atoms with van der Waals surface area (Å²) < 4.78 is 13.8. The summed E-state index contributed by atoms with van der Waals surface area (Å²) in [5, 5.41) is 3.68. The highest BCUT2D eigenvalue weighted by molar-refractivity contribution is 6.03. The monoisotopic (exact) mass is 220 g/mol. The van der Waals surface area contributed by atoms with E-state index >= 15 is 0 Å². The summed E-state index contributed by atoms with van der Waals surface area (Å²) in [6.45, 7) is 1.69. The van der Waals surface area contributed by atoms with Gasteiger partial charge >= 0.3 is 0 Å². The fraction of sp³-hybridized carbons (Fsp3) is 0.400. The number of amidine groups is 1. The van der Waals surface area contributed by atoms with E-state index in [9.17, 15) is 4.39 Å². The van der Waals surface area contributed by atoms with Crippen LogP contribution in [0.15, 0.2) is 11.2 Å². The lowest BCUT2D eigenvalue weighted by Gasteiger charge is -2.17. The fourth-order valence-electron chi connectivity index (χ4n) is 2.04. The van der Waals surface area contributed by atoms with Crippen LogP contribution in [0.25, 0.3) is 0 Å². The second kappa shape index (κ2) is 3.33. The molecular formula is C10H11FN5. The van der Waals surface area contributed by atoms with Gasteiger partial charge in [-0.3, -0.25) is 0 Å². The number of halogens is 1. The first-order valence-electron chi connectivity index (χ1n) is 5.26. The smallest absolute Gasteiger partial charge is 0.187 e. The van der Waals surface area contributed by atoms with E-state index in [1.807, 2.05) is 4.90 Å². The van der Waals surface area contributed by atoms with Crippen molar-refractivity contribution in [2.75, 3.05) is 18.0 Å². The lowest BCUT2D eigenvalue weighted by atomic mass is 10.2. The van der Waals surface area contributed by atoms with Crippen LogP contribution < -0.4 is 16.1 Å². The summed E-state index contributed by atoms with van der Waals surface area (Å²) in [7, 11) is 0. The van der Waals surface area contributed by atoms with Crippen LogP contribution in [0.2, 0.25) is 0 Å². The Bertz CT molecular complexity index is 465. The Morgan fingerprint density at radius 1 is 1.31 bits per heavy atom. The average molecular weight is 220 g/mol. The van der Waals surface area contributed by atoms with E-state index in [1.165, 1.54) is 6.07 Å². The molecule has 5 nitrogen and oxygen atoms in total. The number of hydrogen-bond acceptors (Lipinski definition) is 4. The van der Waals surface area contributed by atoms with Crippen molar-refractivity contribution >= 4 is 17.5 Å². The lowest BCUT2D eigenvalue weighted by molar-refractivity contribution is 0.615. The highest BCUT2D eigenvalue weighted by atomic mass is 19.1. The molecule has 0 aliphatic carbocycles. The van der Waals surface area contributed by atoms with Crippen molar-refractivity contribution in [1.82, 2.24) is 10.4 Å². The third kappa shape index (κ3) is 1.30. The molecule has 0 aromatic carbocycles. The molecule has 1 radical (unpaired) electrons. The topological polar surface area (TPSA) is 68.6 Å². The van der Waals surface area contributed by atoms with E-state index in [4.69, 9.17) is 5.73 Å². The van der Waals surface area contributed by atoms with E-state index in [1.54, 1.807) is 0 Å². The molecule has 16 heavy (non-hydrogen) atoms. The highest BCUT2D eigenvalue weighted by Gasteiger charge is 2.24. The van der Waals surface area contributed by atoms with Crippen LogP contribution in [0, 0.1) is 5.82 Å². The Labute approximate surface area is 92.1 Å². The normalized spacial score (nSPS) is 18.3. The van der Waals surface area contributed by atoms with E-state index in [0.717, 1.165) is 25.9 Å². The van der Waals surface area contributed by atoms with Gasteiger partial charge in [0.1, 0.15) is 0 Å². The van der Waals surface area contributed by atoms with Crippen LogP contribution in [0.5, 0.6) is 0 Å². The third-order valence-electron chi connectivity index (χ3n) is 2.87. The van der Waals surface area contributed by atoms with Gasteiger partial charge in [-0.15, -0.1) is 10.5 Å². The van der Waals surface area contributed by atoms with Crippen LogP contribution in [-0.2, 0) is 0 Å². The van der Waals surface area contributed by atoms with Gasteiger partial charge in [-0.05, 0) is 18.9 Å². The Hall–Kier alpha value is -1.85. The molecule has 1 aromatic rings. The molecule has 1 aromatic heterocycles. The largest absolute Gasteiger partial charge is 0.382 e. The van der Waals surface area contributed by atoms with Gasteiger partial charge in [-0.2, -0.15) is 0 Å². The molecular weight excluding hydrogens is 209 g/mol. The van der Waals surface area contributed by atoms with Crippen LogP contribution in [0.1, 0.15) is 18.4 Å². The molecule has 83 valence electrons. The predicted molar refractivity (Wildman–Crippen MR) is 58.2 cm³/mol. The van der Waals surface area contributed by atoms with Crippen molar-refractivity contribution < 1.29 is 4.39 Å². The molecule has 1 fully saturated rings. The zero-order valence-corrected chi connectivity index (χ0v) is 8.65. The fourth-order valence-corrected chi connectivity index (χ4v) is 2.04. The second-order valence-corrected chi connectivity index (χ2v) is 3.94. The van der Waals surface area contributed by atoms with Crippen molar-refractivity contribution in [3.8, 4) is 0 Å². The van der Waals surface area contributed by atoms with Gasteiger partial charge in [0.05, 0.1) is 5.56 Å². The molecule has 0 saturated carbocycles. The number of hydrogen-bond donors (Lipinski definition) is 1. The number of nitrogens with two attached hydrogens (primary N) is 1. The van der Waals surface area contributed by atoms with Crippen molar-refractivity contribution in [1.29, 1.82) is 0 Å². The molecule has 6 heteroatoms. The lowest BCUT2D eigenvalue weighted by Crippen LogP contribution is -2.21. The first-order valence-corrected chi connectivity index (χ1v) is 5.26. The Morgan fingerprint density at radius 2 is 2.06 bits per heavy atom. The molecule has 1 saturated heterocycles. The number of pyridine rings is 1. The summed E-state index contributed by atoms with van der Waals surface area (Å²) in [5.41, 5.74) is 9.85. The van der Waals surface area contributed by atoms with E-state index in [2.05, 4.69) is 15.5 Å². The zero-order valence-electron chi connectivity index (χ0n) is 8.65. The highest BCUT2D eigenvalue weighted by Crippen LogP contribution is 2.27. The minimum Gasteiger partial charge on any atom is -0.382 e. The third-order valence-corrected chi connectivity index (χ3v) is 2.87. The van der Waals surface area contributed by atoms with Crippen LogP contribution >= 0.6 is 0 Å². The second-order valence-electron chi connectivity index (χ2n) is 3.94. The maximum atomic E-state index is 13.8. The molecule has 2 aliphatic rings. The molecule has 0 amide bonds. The molecule has 0 atom stereocenters. The molecule has 0 unspecified atom stereocenters. The molecule has 0 spiro atoms. The summed E-state index contributed by atoms with van der Waals surface area (Å²) in [5.74, 6) is 0.663. The van der Waals surface area contributed by atoms with Crippen molar-refractivity contribution in [2.45, 2.75) is 12.8 Å². The molecule has 3 heterocycles. The molecule has 3 rings (SSSR count). The summed E-state index contributed by atoms with van der Waals surface area (Å²) in [6, 6.07) is 1.37. The number of nitrogens with zero attached hydrogens (tertiary/aromatic N) is 4. The van der Waals surface area contributed by atoms with E-state index in [0.29, 0.717) is 17.2 Å². The van der Waals surface area contributed by atoms with Crippen molar-refractivity contribution in [3.05, 3.63) is 17.4 Å². The molecule has 2 N–H and O–H groups in total. The standard InChI is InChI=1S/C10H11FN5/c11-7-5-6-8(12)14-15-9(6)13-10(7)16-3-1-2-4-16/h5H,1-4H2,(H2,12,14). The molecule has 2 aliphatic heterocycles. The summed E-state index contributed by atoms with van der Waals surface area (Å²) in [6.07, 6.45) is 2.15. The molecule has 0 bridgehead atoms. The van der Waals surface area contributed by atoms with Crippen molar-refractivity contribution in [3.63, 3.8) is 0 Å². The SMILES string of the molecule is NC1=N[N]c2nc(N3CCCC3)c(F)cc21.